The molecule has 0 radical (unpaired) electrons. The molecule has 4 heteroatoms. The lowest BCUT2D eigenvalue weighted by Crippen LogP contribution is -2.39. The van der Waals surface area contributed by atoms with Crippen molar-refractivity contribution in [1.29, 1.82) is 0 Å². The Hall–Kier alpha value is -0.970. The number of likely N-dealkylation sites (N-methyl/N-ethyl adjacent to an activating group) is 1. The zero-order chi connectivity index (χ0) is 13.8. The normalized spacial score (nSPS) is 22.1. The van der Waals surface area contributed by atoms with E-state index in [1.165, 1.54) is 6.07 Å². The molecular formula is C15H23FN2O. The van der Waals surface area contributed by atoms with Gasteiger partial charge >= 0.3 is 0 Å². The molecule has 0 saturated carbocycles. The average Bonchev–Trinajstić information content (AvgIpc) is 2.76. The summed E-state index contributed by atoms with van der Waals surface area (Å²) in [5.74, 6) is -0.321. The minimum atomic E-state index is -0.746. The van der Waals surface area contributed by atoms with Crippen molar-refractivity contribution < 1.29 is 9.50 Å². The molecule has 1 aromatic carbocycles. The number of benzene rings is 1. The molecule has 0 aliphatic carbocycles. The molecule has 19 heavy (non-hydrogen) atoms. The third kappa shape index (κ3) is 3.75. The van der Waals surface area contributed by atoms with Crippen molar-refractivity contribution in [2.45, 2.75) is 25.0 Å². The molecule has 2 atom stereocenters. The summed E-state index contributed by atoms with van der Waals surface area (Å²) in [6.07, 6.45) is 1.56. The average molecular weight is 266 g/mol. The standard InChI is InChI=1S/C15H23FN2O/c1-17(2)10-12-6-5-9-18(12)11-15(19)13-7-3-4-8-14(13)16/h3-4,7-8,12,15,19H,5-6,9-11H2,1-2H3. The van der Waals surface area contributed by atoms with Crippen LogP contribution in [-0.2, 0) is 0 Å². The first-order chi connectivity index (χ1) is 9.08. The number of aliphatic hydroxyl groups excluding tert-OH is 1. The van der Waals surface area contributed by atoms with E-state index in [-0.39, 0.29) is 5.82 Å². The fraction of sp³-hybridized carbons (Fsp3) is 0.600. The number of aliphatic hydroxyl groups is 1. The monoisotopic (exact) mass is 266 g/mol. The zero-order valence-corrected chi connectivity index (χ0v) is 11.7. The van der Waals surface area contributed by atoms with Crippen LogP contribution in [-0.4, -0.2) is 54.7 Å². The van der Waals surface area contributed by atoms with Crippen LogP contribution in [0.5, 0.6) is 0 Å². The Bertz CT molecular complexity index is 411. The maximum atomic E-state index is 13.6. The molecule has 0 spiro atoms. The van der Waals surface area contributed by atoms with Gasteiger partial charge in [0.15, 0.2) is 0 Å². The highest BCUT2D eigenvalue weighted by Gasteiger charge is 2.27. The van der Waals surface area contributed by atoms with Crippen LogP contribution in [0.25, 0.3) is 0 Å². The summed E-state index contributed by atoms with van der Waals surface area (Å²) in [7, 11) is 4.12. The number of hydrogen-bond donors (Lipinski definition) is 1. The van der Waals surface area contributed by atoms with Crippen LogP contribution in [0.1, 0.15) is 24.5 Å². The van der Waals surface area contributed by atoms with Crippen LogP contribution in [0.2, 0.25) is 0 Å². The summed E-state index contributed by atoms with van der Waals surface area (Å²) in [5.41, 5.74) is 0.401. The zero-order valence-electron chi connectivity index (χ0n) is 11.7. The van der Waals surface area contributed by atoms with Gasteiger partial charge in [-0.15, -0.1) is 0 Å². The molecule has 2 unspecified atom stereocenters. The molecule has 1 fully saturated rings. The Morgan fingerprint density at radius 2 is 2.16 bits per heavy atom. The van der Waals surface area contributed by atoms with Gasteiger partial charge in [-0.1, -0.05) is 18.2 Å². The lowest BCUT2D eigenvalue weighted by Gasteiger charge is -2.29. The predicted octanol–water partition coefficient (Wildman–Crippen LogP) is 1.89. The molecular weight excluding hydrogens is 243 g/mol. The van der Waals surface area contributed by atoms with Gasteiger partial charge in [-0.3, -0.25) is 4.90 Å². The van der Waals surface area contributed by atoms with Crippen LogP contribution in [0.4, 0.5) is 4.39 Å². The molecule has 1 aliphatic heterocycles. The summed E-state index contributed by atoms with van der Waals surface area (Å²) >= 11 is 0. The Morgan fingerprint density at radius 3 is 2.84 bits per heavy atom. The second-order valence-electron chi connectivity index (χ2n) is 5.59. The number of hydrogen-bond acceptors (Lipinski definition) is 3. The van der Waals surface area contributed by atoms with Crippen molar-refractivity contribution in [2.24, 2.45) is 0 Å². The van der Waals surface area contributed by atoms with Gasteiger partial charge in [0.25, 0.3) is 0 Å². The summed E-state index contributed by atoms with van der Waals surface area (Å²) in [6.45, 7) is 2.49. The predicted molar refractivity (Wildman–Crippen MR) is 74.5 cm³/mol. The third-order valence-electron chi connectivity index (χ3n) is 3.75. The Balaban J connectivity index is 1.98. The minimum Gasteiger partial charge on any atom is -0.387 e. The number of rotatable bonds is 5. The van der Waals surface area contributed by atoms with Gasteiger partial charge in [-0.2, -0.15) is 0 Å². The number of halogens is 1. The highest BCUT2D eigenvalue weighted by molar-refractivity contribution is 5.20. The van der Waals surface area contributed by atoms with Crippen LogP contribution >= 0.6 is 0 Å². The van der Waals surface area contributed by atoms with Crippen molar-refractivity contribution in [3.8, 4) is 0 Å². The fourth-order valence-electron chi connectivity index (χ4n) is 2.83. The van der Waals surface area contributed by atoms with Crippen molar-refractivity contribution in [1.82, 2.24) is 9.80 Å². The maximum absolute atomic E-state index is 13.6. The first kappa shape index (κ1) is 14.4. The molecule has 0 aromatic heterocycles. The van der Waals surface area contributed by atoms with Crippen molar-refractivity contribution in [3.63, 3.8) is 0 Å². The van der Waals surface area contributed by atoms with Crippen LogP contribution in [0, 0.1) is 5.82 Å². The van der Waals surface area contributed by atoms with E-state index in [0.717, 1.165) is 25.9 Å². The highest BCUT2D eigenvalue weighted by atomic mass is 19.1. The largest absolute Gasteiger partial charge is 0.387 e. The first-order valence-electron chi connectivity index (χ1n) is 6.89. The topological polar surface area (TPSA) is 26.7 Å². The van der Waals surface area contributed by atoms with E-state index < -0.39 is 6.10 Å². The SMILES string of the molecule is CN(C)CC1CCCN1CC(O)c1ccccc1F. The van der Waals surface area contributed by atoms with E-state index >= 15 is 0 Å². The Kier molecular flexibility index (Phi) is 4.91. The molecule has 1 aliphatic rings. The molecule has 0 amide bonds. The van der Waals surface area contributed by atoms with E-state index in [4.69, 9.17) is 0 Å². The summed E-state index contributed by atoms with van der Waals surface area (Å²) in [6, 6.07) is 6.95. The van der Waals surface area contributed by atoms with E-state index in [1.807, 2.05) is 0 Å². The Labute approximate surface area is 114 Å². The Morgan fingerprint density at radius 1 is 1.42 bits per heavy atom. The summed E-state index contributed by atoms with van der Waals surface area (Å²) < 4.78 is 13.6. The molecule has 1 N–H and O–H groups in total. The van der Waals surface area contributed by atoms with E-state index in [0.29, 0.717) is 18.2 Å². The van der Waals surface area contributed by atoms with E-state index in [2.05, 4.69) is 23.9 Å². The second-order valence-corrected chi connectivity index (χ2v) is 5.59. The third-order valence-corrected chi connectivity index (χ3v) is 3.75. The van der Waals surface area contributed by atoms with E-state index in [9.17, 15) is 9.50 Å². The molecule has 106 valence electrons. The van der Waals surface area contributed by atoms with Gasteiger partial charge in [0.05, 0.1) is 6.10 Å². The van der Waals surface area contributed by atoms with Crippen LogP contribution < -0.4 is 0 Å². The summed E-state index contributed by atoms with van der Waals surface area (Å²) in [4.78, 5) is 4.44. The quantitative estimate of drug-likeness (QED) is 0.881. The molecule has 3 nitrogen and oxygen atoms in total. The molecule has 1 heterocycles. The maximum Gasteiger partial charge on any atom is 0.129 e. The van der Waals surface area contributed by atoms with Crippen LogP contribution in [0.15, 0.2) is 24.3 Å². The highest BCUT2D eigenvalue weighted by Crippen LogP contribution is 2.23. The number of β-amino-alcohol motifs (C(OH)–C–C–N with tert-alkyl or cyclic N) is 1. The van der Waals surface area contributed by atoms with Crippen LogP contribution in [0.3, 0.4) is 0 Å². The van der Waals surface area contributed by atoms with Crippen molar-refractivity contribution >= 4 is 0 Å². The number of nitrogens with zero attached hydrogens (tertiary/aromatic N) is 2. The second kappa shape index (κ2) is 6.46. The van der Waals surface area contributed by atoms with Gasteiger partial charge in [0.1, 0.15) is 5.82 Å². The van der Waals surface area contributed by atoms with Crippen molar-refractivity contribution in [3.05, 3.63) is 35.6 Å². The summed E-state index contributed by atoms with van der Waals surface area (Å²) in [5, 5.41) is 10.2. The van der Waals surface area contributed by atoms with Gasteiger partial charge < -0.3 is 10.0 Å². The minimum absolute atomic E-state index is 0.321. The van der Waals surface area contributed by atoms with Gasteiger partial charge in [-0.25, -0.2) is 4.39 Å². The molecule has 1 saturated heterocycles. The van der Waals surface area contributed by atoms with Gasteiger partial charge in [-0.05, 0) is 39.5 Å². The molecule has 1 aromatic rings. The molecule has 0 bridgehead atoms. The smallest absolute Gasteiger partial charge is 0.129 e. The lowest BCUT2D eigenvalue weighted by atomic mass is 10.1. The number of likely N-dealkylation sites (tertiary alicyclic amines) is 1. The van der Waals surface area contributed by atoms with Gasteiger partial charge in [0.2, 0.25) is 0 Å². The lowest BCUT2D eigenvalue weighted by molar-refractivity contribution is 0.0955. The van der Waals surface area contributed by atoms with E-state index in [1.54, 1.807) is 18.2 Å². The fourth-order valence-corrected chi connectivity index (χ4v) is 2.83. The van der Waals surface area contributed by atoms with Gasteiger partial charge in [0, 0.05) is 24.7 Å². The molecule has 2 rings (SSSR count). The van der Waals surface area contributed by atoms with Crippen molar-refractivity contribution in [2.75, 3.05) is 33.7 Å². The first-order valence-corrected chi connectivity index (χ1v) is 6.89.